The van der Waals surface area contributed by atoms with Crippen molar-refractivity contribution in [3.05, 3.63) is 42.2 Å². The van der Waals surface area contributed by atoms with Gasteiger partial charge in [0.05, 0.1) is 11.5 Å². The first-order valence-electron chi connectivity index (χ1n) is 4.59. The van der Waals surface area contributed by atoms with Gasteiger partial charge in [0, 0.05) is 16.7 Å². The van der Waals surface area contributed by atoms with Gasteiger partial charge in [-0.25, -0.2) is 0 Å². The van der Waals surface area contributed by atoms with Gasteiger partial charge in [0.25, 0.3) is 0 Å². The van der Waals surface area contributed by atoms with Crippen LogP contribution in [-0.2, 0) is 6.54 Å². The molecule has 0 aliphatic carbocycles. The van der Waals surface area contributed by atoms with E-state index in [1.807, 2.05) is 0 Å². The lowest BCUT2D eigenvalue weighted by Gasteiger charge is -2.03. The van der Waals surface area contributed by atoms with E-state index in [1.54, 1.807) is 0 Å². The predicted octanol–water partition coefficient (Wildman–Crippen LogP) is 1.00. The van der Waals surface area contributed by atoms with Crippen molar-refractivity contribution in [2.24, 2.45) is 0 Å². The molecule has 0 aliphatic rings. The van der Waals surface area contributed by atoms with Crippen molar-refractivity contribution in [3.63, 3.8) is 0 Å². The van der Waals surface area contributed by atoms with E-state index >= 15 is 0 Å². The molecule has 0 atom stereocenters. The van der Waals surface area contributed by atoms with Gasteiger partial charge < -0.3 is 10.3 Å². The Labute approximate surface area is 112 Å². The quantitative estimate of drug-likeness (QED) is 0.662. The SMILES string of the molecule is Nc1nnc(Cn2cc(Br)cc([N+](=O)[O-])c2=O)s1. The van der Waals surface area contributed by atoms with Gasteiger partial charge in [-0.2, -0.15) is 0 Å². The van der Waals surface area contributed by atoms with Crippen molar-refractivity contribution >= 4 is 38.1 Å². The molecule has 10 heteroatoms. The maximum absolute atomic E-state index is 11.8. The molecular formula is C8H6BrN5O3S. The van der Waals surface area contributed by atoms with Crippen LogP contribution in [0.5, 0.6) is 0 Å². The third-order valence-electron chi connectivity index (χ3n) is 2.02. The summed E-state index contributed by atoms with van der Waals surface area (Å²) in [5.74, 6) is 0. The molecule has 0 aliphatic heterocycles. The Morgan fingerprint density at radius 3 is 2.83 bits per heavy atom. The van der Waals surface area contributed by atoms with Crippen molar-refractivity contribution in [2.75, 3.05) is 5.73 Å². The van der Waals surface area contributed by atoms with Crippen LogP contribution in [-0.4, -0.2) is 19.7 Å². The fourth-order valence-corrected chi connectivity index (χ4v) is 2.38. The number of nitrogens with two attached hydrogens (primary N) is 1. The van der Waals surface area contributed by atoms with Crippen LogP contribution in [0.15, 0.2) is 21.5 Å². The minimum atomic E-state index is -0.724. The predicted molar refractivity (Wildman–Crippen MR) is 68.5 cm³/mol. The van der Waals surface area contributed by atoms with Gasteiger partial charge in [-0.1, -0.05) is 11.3 Å². The van der Waals surface area contributed by atoms with Crippen molar-refractivity contribution in [2.45, 2.75) is 6.54 Å². The number of hydrogen-bond acceptors (Lipinski definition) is 7. The second kappa shape index (κ2) is 4.82. The number of rotatable bonds is 3. The van der Waals surface area contributed by atoms with Crippen molar-refractivity contribution in [1.82, 2.24) is 14.8 Å². The fourth-order valence-electron chi connectivity index (χ4n) is 1.31. The third-order valence-corrected chi connectivity index (χ3v) is 3.19. The van der Waals surface area contributed by atoms with E-state index in [9.17, 15) is 14.9 Å². The molecule has 0 spiro atoms. The van der Waals surface area contributed by atoms with Crippen LogP contribution in [0.2, 0.25) is 0 Å². The van der Waals surface area contributed by atoms with E-state index in [0.717, 1.165) is 17.4 Å². The average Bonchev–Trinajstić information content (AvgIpc) is 2.68. The Hall–Kier alpha value is -1.81. The Balaban J connectivity index is 2.45. The lowest BCUT2D eigenvalue weighted by atomic mass is 10.4. The van der Waals surface area contributed by atoms with Crippen molar-refractivity contribution in [1.29, 1.82) is 0 Å². The molecule has 2 N–H and O–H groups in total. The highest BCUT2D eigenvalue weighted by atomic mass is 79.9. The number of anilines is 1. The zero-order valence-corrected chi connectivity index (χ0v) is 11.1. The average molecular weight is 332 g/mol. The van der Waals surface area contributed by atoms with Crippen molar-refractivity contribution < 1.29 is 4.92 Å². The molecule has 0 fully saturated rings. The summed E-state index contributed by atoms with van der Waals surface area (Å²) in [5, 5.41) is 18.9. The minimum Gasteiger partial charge on any atom is -0.374 e. The third kappa shape index (κ3) is 2.54. The number of nitrogens with zero attached hydrogens (tertiary/aromatic N) is 4. The molecule has 0 aromatic carbocycles. The van der Waals surface area contributed by atoms with E-state index < -0.39 is 16.2 Å². The molecule has 0 amide bonds. The first kappa shape index (κ1) is 12.6. The molecule has 2 aromatic heterocycles. The number of nitrogen functional groups attached to an aromatic ring is 1. The number of nitro groups is 1. The summed E-state index contributed by atoms with van der Waals surface area (Å²) in [6.07, 6.45) is 1.45. The fraction of sp³-hybridized carbons (Fsp3) is 0.125. The molecule has 0 radical (unpaired) electrons. The standard InChI is InChI=1S/C8H6BrN5O3S/c9-4-1-5(14(16)17)7(15)13(2-4)3-6-11-12-8(10)18-6/h1-2H,3H2,(H2,10,12). The van der Waals surface area contributed by atoms with Crippen LogP contribution in [0, 0.1) is 10.1 Å². The van der Waals surface area contributed by atoms with Gasteiger partial charge in [0.2, 0.25) is 5.13 Å². The van der Waals surface area contributed by atoms with Gasteiger partial charge >= 0.3 is 11.2 Å². The highest BCUT2D eigenvalue weighted by molar-refractivity contribution is 9.10. The van der Waals surface area contributed by atoms with E-state index in [4.69, 9.17) is 5.73 Å². The zero-order valence-electron chi connectivity index (χ0n) is 8.74. The van der Waals surface area contributed by atoms with E-state index in [0.29, 0.717) is 9.48 Å². The topological polar surface area (TPSA) is 117 Å². The van der Waals surface area contributed by atoms with E-state index in [-0.39, 0.29) is 11.7 Å². The molecule has 2 rings (SSSR count). The molecule has 0 saturated heterocycles. The second-order valence-corrected chi connectivity index (χ2v) is 5.28. The molecular weight excluding hydrogens is 326 g/mol. The van der Waals surface area contributed by atoms with Crippen LogP contribution in [0.4, 0.5) is 10.8 Å². The second-order valence-electron chi connectivity index (χ2n) is 3.27. The van der Waals surface area contributed by atoms with Gasteiger partial charge in [-0.15, -0.1) is 10.2 Å². The number of pyridine rings is 1. The largest absolute Gasteiger partial charge is 0.374 e. The molecule has 0 bridgehead atoms. The highest BCUT2D eigenvalue weighted by Crippen LogP contribution is 2.16. The Kier molecular flexibility index (Phi) is 3.39. The van der Waals surface area contributed by atoms with Gasteiger partial charge in [0.1, 0.15) is 5.01 Å². The molecule has 8 nitrogen and oxygen atoms in total. The lowest BCUT2D eigenvalue weighted by Crippen LogP contribution is -2.22. The summed E-state index contributed by atoms with van der Waals surface area (Å²) >= 11 is 4.23. The summed E-state index contributed by atoms with van der Waals surface area (Å²) in [6.45, 7) is 0.0912. The Bertz CT molecular complexity index is 667. The number of aromatic nitrogens is 3. The summed E-state index contributed by atoms with van der Waals surface area (Å²) in [5.41, 5.74) is 4.22. The normalized spacial score (nSPS) is 10.5. The van der Waals surface area contributed by atoms with Crippen LogP contribution in [0.1, 0.15) is 5.01 Å². The summed E-state index contributed by atoms with van der Waals surface area (Å²) in [6, 6.07) is 1.16. The summed E-state index contributed by atoms with van der Waals surface area (Å²) < 4.78 is 1.62. The molecule has 0 unspecified atom stereocenters. The lowest BCUT2D eigenvalue weighted by molar-refractivity contribution is -0.386. The van der Waals surface area contributed by atoms with Gasteiger partial charge in [-0.3, -0.25) is 14.9 Å². The molecule has 0 saturated carbocycles. The maximum atomic E-state index is 11.8. The van der Waals surface area contributed by atoms with Crippen LogP contribution in [0.3, 0.4) is 0 Å². The summed E-state index contributed by atoms with van der Waals surface area (Å²) in [7, 11) is 0. The van der Waals surface area contributed by atoms with E-state index in [1.165, 1.54) is 10.8 Å². The molecule has 2 heterocycles. The van der Waals surface area contributed by atoms with Gasteiger partial charge in [-0.05, 0) is 15.9 Å². The maximum Gasteiger partial charge on any atom is 0.335 e. The minimum absolute atomic E-state index is 0.0912. The van der Waals surface area contributed by atoms with Crippen LogP contribution >= 0.6 is 27.3 Å². The first-order chi connectivity index (χ1) is 8.47. The Morgan fingerprint density at radius 2 is 2.28 bits per heavy atom. The molecule has 94 valence electrons. The van der Waals surface area contributed by atoms with E-state index in [2.05, 4.69) is 26.1 Å². The Morgan fingerprint density at radius 1 is 1.56 bits per heavy atom. The highest BCUT2D eigenvalue weighted by Gasteiger charge is 2.16. The monoisotopic (exact) mass is 331 g/mol. The van der Waals surface area contributed by atoms with Gasteiger partial charge in [0.15, 0.2) is 0 Å². The number of hydrogen-bond donors (Lipinski definition) is 1. The molecule has 18 heavy (non-hydrogen) atoms. The summed E-state index contributed by atoms with van der Waals surface area (Å²) in [4.78, 5) is 21.8. The number of halogens is 1. The zero-order chi connectivity index (χ0) is 13.3. The van der Waals surface area contributed by atoms with Crippen LogP contribution in [0.25, 0.3) is 0 Å². The molecule has 2 aromatic rings. The van der Waals surface area contributed by atoms with Crippen LogP contribution < -0.4 is 11.3 Å². The van der Waals surface area contributed by atoms with Crippen molar-refractivity contribution in [3.8, 4) is 0 Å². The smallest absolute Gasteiger partial charge is 0.335 e. The first-order valence-corrected chi connectivity index (χ1v) is 6.20.